The standard InChI is InChI=1S/C12H17N3O7S.C9H14N2O6/c16-4-6-8(19)9(20)11(22-6)15-3-5(1-13-2-7(17)18)10(21)14-12(15)23;12-3-4-6(14)7(15)8(17-4)11-2-1-5(13)10-9(11)16/h3,6,8-9,11,13,16,19-20H,1-2,4H2,(H,17,18)(H,14,21,23);4,6-8,12,14-15H,1-3H2,(H,10,13,16)/t6-,8-,9-,11-;4-,6-,7-,8-/m11/s1. The number of hydrogen-bond acceptors (Lipinski definition) is 14. The number of nitrogens with zero attached hydrogens (tertiary/aromatic N) is 2. The number of carboxylic acids is 1. The molecule has 0 radical (unpaired) electrons. The molecular weight excluding hydrogens is 562 g/mol. The van der Waals surface area contributed by atoms with Gasteiger partial charge in [-0.25, -0.2) is 4.79 Å². The zero-order chi connectivity index (χ0) is 29.7. The first-order chi connectivity index (χ1) is 18.9. The van der Waals surface area contributed by atoms with Crippen molar-refractivity contribution < 1.29 is 59.6 Å². The van der Waals surface area contributed by atoms with Crippen LogP contribution in [-0.4, -0.2) is 137 Å². The smallest absolute Gasteiger partial charge is 0.326 e. The summed E-state index contributed by atoms with van der Waals surface area (Å²) in [6.45, 7) is -1.20. The summed E-state index contributed by atoms with van der Waals surface area (Å²) in [5.41, 5.74) is -0.325. The van der Waals surface area contributed by atoms with Crippen LogP contribution in [-0.2, 0) is 25.6 Å². The predicted octanol–water partition coefficient (Wildman–Crippen LogP) is -4.94. The zero-order valence-electron chi connectivity index (χ0n) is 20.8. The largest absolute Gasteiger partial charge is 0.480 e. The van der Waals surface area contributed by atoms with Crippen LogP contribution in [0, 0.1) is 4.77 Å². The van der Waals surface area contributed by atoms with E-state index in [1.54, 1.807) is 0 Å². The van der Waals surface area contributed by atoms with E-state index in [1.807, 2.05) is 0 Å². The molecule has 3 saturated heterocycles. The molecule has 1 aromatic rings. The quantitative estimate of drug-likeness (QED) is 0.126. The van der Waals surface area contributed by atoms with Gasteiger partial charge in [0.2, 0.25) is 5.91 Å². The molecule has 3 aliphatic rings. The predicted molar refractivity (Wildman–Crippen MR) is 131 cm³/mol. The molecule has 0 bridgehead atoms. The van der Waals surface area contributed by atoms with Gasteiger partial charge >= 0.3 is 12.0 Å². The molecule has 3 fully saturated rings. The van der Waals surface area contributed by atoms with E-state index in [2.05, 4.69) is 15.6 Å². The van der Waals surface area contributed by atoms with Crippen LogP contribution >= 0.6 is 12.2 Å². The molecule has 224 valence electrons. The second kappa shape index (κ2) is 13.7. The second-order valence-electron chi connectivity index (χ2n) is 9.07. The Bertz CT molecular complexity index is 1190. The van der Waals surface area contributed by atoms with Gasteiger partial charge in [0, 0.05) is 31.3 Å². The third-order valence-corrected chi connectivity index (χ3v) is 6.65. The van der Waals surface area contributed by atoms with E-state index < -0.39 is 85.8 Å². The van der Waals surface area contributed by atoms with E-state index in [1.165, 1.54) is 10.8 Å². The number of imide groups is 1. The summed E-state index contributed by atoms with van der Waals surface area (Å²) in [7, 11) is 0. The van der Waals surface area contributed by atoms with E-state index >= 15 is 0 Å². The Morgan fingerprint density at radius 1 is 1.00 bits per heavy atom. The number of aromatic nitrogens is 2. The average Bonchev–Trinajstić information content (AvgIpc) is 3.35. The maximum Gasteiger partial charge on any atom is 0.326 e. The lowest BCUT2D eigenvalue weighted by molar-refractivity contribution is -0.136. The molecule has 18 nitrogen and oxygen atoms in total. The molecule has 10 N–H and O–H groups in total. The van der Waals surface area contributed by atoms with E-state index in [0.717, 1.165) is 4.90 Å². The fourth-order valence-corrected chi connectivity index (χ4v) is 4.46. The summed E-state index contributed by atoms with van der Waals surface area (Å²) >= 11 is 5.01. The molecular formula is C21H31N5O13S. The first-order valence-corrected chi connectivity index (χ1v) is 12.4. The number of carbonyl (C=O) groups excluding carboxylic acids is 2. The summed E-state index contributed by atoms with van der Waals surface area (Å²) in [5, 5.41) is 70.3. The number of amides is 3. The molecule has 4 rings (SSSR count). The normalized spacial score (nSPS) is 32.0. The summed E-state index contributed by atoms with van der Waals surface area (Å²) in [6.07, 6.45) is -7.80. The van der Waals surface area contributed by atoms with Crippen molar-refractivity contribution in [3.8, 4) is 0 Å². The van der Waals surface area contributed by atoms with Gasteiger partial charge in [-0.1, -0.05) is 0 Å². The lowest BCUT2D eigenvalue weighted by atomic mass is 10.1. The summed E-state index contributed by atoms with van der Waals surface area (Å²) in [4.78, 5) is 48.3. The minimum Gasteiger partial charge on any atom is -0.480 e. The molecule has 0 saturated carbocycles. The maximum atomic E-state index is 11.8. The Morgan fingerprint density at radius 3 is 2.10 bits per heavy atom. The number of aromatic amines is 1. The molecule has 40 heavy (non-hydrogen) atoms. The van der Waals surface area contributed by atoms with Crippen LogP contribution in [0.3, 0.4) is 0 Å². The number of aliphatic carboxylic acids is 1. The Labute approximate surface area is 230 Å². The van der Waals surface area contributed by atoms with Crippen molar-refractivity contribution in [2.45, 2.75) is 62.0 Å². The molecule has 4 heterocycles. The van der Waals surface area contributed by atoms with Crippen LogP contribution in [0.5, 0.6) is 0 Å². The first kappa shape index (κ1) is 31.7. The topological polar surface area (TPSA) is 276 Å². The van der Waals surface area contributed by atoms with Crippen LogP contribution in [0.2, 0.25) is 0 Å². The molecule has 0 aromatic carbocycles. The number of H-pyrrole nitrogens is 1. The lowest BCUT2D eigenvalue weighted by Gasteiger charge is -2.32. The van der Waals surface area contributed by atoms with Gasteiger partial charge in [0.15, 0.2) is 17.2 Å². The molecule has 0 spiro atoms. The number of carboxylic acid groups (broad SMARTS) is 1. The number of nitrogens with one attached hydrogen (secondary N) is 3. The molecule has 19 heteroatoms. The third-order valence-electron chi connectivity index (χ3n) is 6.34. The second-order valence-corrected chi connectivity index (χ2v) is 9.46. The van der Waals surface area contributed by atoms with Crippen molar-refractivity contribution >= 4 is 30.1 Å². The number of hydrogen-bond donors (Lipinski definition) is 10. The highest BCUT2D eigenvalue weighted by Gasteiger charge is 2.47. The van der Waals surface area contributed by atoms with Gasteiger partial charge in [-0.3, -0.25) is 34.2 Å². The van der Waals surface area contributed by atoms with E-state index in [4.69, 9.17) is 37.0 Å². The van der Waals surface area contributed by atoms with Gasteiger partial charge in [-0.05, 0) is 12.2 Å². The highest BCUT2D eigenvalue weighted by molar-refractivity contribution is 7.71. The molecule has 3 aliphatic heterocycles. The third kappa shape index (κ3) is 7.07. The van der Waals surface area contributed by atoms with E-state index in [-0.39, 0.29) is 36.4 Å². The average molecular weight is 594 g/mol. The Morgan fingerprint density at radius 2 is 1.57 bits per heavy atom. The number of rotatable bonds is 8. The Balaban J connectivity index is 0.000000230. The monoisotopic (exact) mass is 593 g/mol. The molecule has 0 aliphatic carbocycles. The molecule has 8 atom stereocenters. The zero-order valence-corrected chi connectivity index (χ0v) is 21.6. The number of carbonyl (C=O) groups is 3. The van der Waals surface area contributed by atoms with Crippen LogP contribution in [0.4, 0.5) is 4.79 Å². The van der Waals surface area contributed by atoms with Gasteiger partial charge < -0.3 is 50.5 Å². The summed E-state index contributed by atoms with van der Waals surface area (Å²) in [6, 6.07) is -0.670. The van der Waals surface area contributed by atoms with Crippen molar-refractivity contribution in [3.05, 3.63) is 26.9 Å². The van der Waals surface area contributed by atoms with Gasteiger partial charge in [-0.2, -0.15) is 0 Å². The number of aliphatic hydroxyl groups is 6. The minimum atomic E-state index is -1.34. The van der Waals surface area contributed by atoms with Crippen LogP contribution in [0.15, 0.2) is 11.0 Å². The minimum absolute atomic E-state index is 0.0353. The molecule has 1 aromatic heterocycles. The van der Waals surface area contributed by atoms with E-state index in [0.29, 0.717) is 0 Å². The number of aliphatic hydroxyl groups excluding tert-OH is 6. The highest BCUT2D eigenvalue weighted by Crippen LogP contribution is 2.29. The van der Waals surface area contributed by atoms with Gasteiger partial charge in [-0.15, -0.1) is 0 Å². The summed E-state index contributed by atoms with van der Waals surface area (Å²) < 4.78 is 11.7. The Kier molecular flexibility index (Phi) is 10.8. The van der Waals surface area contributed by atoms with E-state index in [9.17, 15) is 39.6 Å². The van der Waals surface area contributed by atoms with Gasteiger partial charge in [0.1, 0.15) is 36.6 Å². The van der Waals surface area contributed by atoms with Gasteiger partial charge in [0.05, 0.1) is 19.8 Å². The molecule has 0 unspecified atom stereocenters. The van der Waals surface area contributed by atoms with Gasteiger partial charge in [0.25, 0.3) is 5.56 Å². The number of urea groups is 1. The van der Waals surface area contributed by atoms with Crippen molar-refractivity contribution in [1.29, 1.82) is 0 Å². The fraction of sp³-hybridized carbons (Fsp3) is 0.667. The maximum absolute atomic E-state index is 11.8. The van der Waals surface area contributed by atoms with Crippen molar-refractivity contribution in [2.75, 3.05) is 26.3 Å². The van der Waals surface area contributed by atoms with Crippen molar-refractivity contribution in [2.24, 2.45) is 0 Å². The number of ether oxygens (including phenoxy) is 2. The SMILES string of the molecule is O=C(O)CNCc1cn([C@@H]2O[C@H](CO)[C@@H](O)[C@H]2O)c(=S)[nH]c1=O.O=C1CCN([C@@H]2O[C@H](CO)[C@@H](O)[C@H]2O)C(=O)N1. The first-order valence-electron chi connectivity index (χ1n) is 12.0. The lowest BCUT2D eigenvalue weighted by Crippen LogP contribution is -2.56. The van der Waals surface area contributed by atoms with Crippen molar-refractivity contribution in [1.82, 2.24) is 25.1 Å². The highest BCUT2D eigenvalue weighted by atomic mass is 32.1. The fourth-order valence-electron chi connectivity index (χ4n) is 4.21. The summed E-state index contributed by atoms with van der Waals surface area (Å²) in [5.74, 6) is -1.46. The van der Waals surface area contributed by atoms with Crippen molar-refractivity contribution in [3.63, 3.8) is 0 Å². The van der Waals surface area contributed by atoms with Crippen LogP contribution in [0.25, 0.3) is 0 Å². The molecule has 3 amide bonds. The van der Waals surface area contributed by atoms with Crippen LogP contribution in [0.1, 0.15) is 18.2 Å². The Hall–Kier alpha value is -2.85. The van der Waals surface area contributed by atoms with Crippen LogP contribution < -0.4 is 16.2 Å².